The maximum Gasteiger partial charge on any atom is 0.251 e. The van der Waals surface area contributed by atoms with E-state index in [0.29, 0.717) is 13.1 Å². The van der Waals surface area contributed by atoms with Crippen LogP contribution in [-0.4, -0.2) is 32.9 Å². The molecule has 0 aromatic carbocycles. The van der Waals surface area contributed by atoms with Gasteiger partial charge in [-0.25, -0.2) is 0 Å². The van der Waals surface area contributed by atoms with E-state index in [1.807, 2.05) is 12.3 Å². The highest BCUT2D eigenvalue weighted by Crippen LogP contribution is 1.99. The molecule has 78 valence electrons. The van der Waals surface area contributed by atoms with Gasteiger partial charge < -0.3 is 10.4 Å². The molecule has 0 atom stereocenters. The first kappa shape index (κ1) is 10.7. The van der Waals surface area contributed by atoms with E-state index < -0.39 is 5.60 Å². The first-order valence-electron chi connectivity index (χ1n) is 4.48. The van der Waals surface area contributed by atoms with E-state index in [9.17, 15) is 9.90 Å². The molecule has 0 aliphatic rings. The molecule has 0 aliphatic heterocycles. The Kier molecular flexibility index (Phi) is 3.24. The average molecular weight is 197 g/mol. The third-order valence-electron chi connectivity index (χ3n) is 1.74. The van der Waals surface area contributed by atoms with Crippen LogP contribution < -0.4 is 5.32 Å². The van der Waals surface area contributed by atoms with Crippen LogP contribution in [0.25, 0.3) is 0 Å². The van der Waals surface area contributed by atoms with Gasteiger partial charge in [0.25, 0.3) is 5.91 Å². The molecular formula is C9H15N3O2. The SMILES string of the molecule is CC(C)(O)C(=O)NCCn1cccn1. The minimum Gasteiger partial charge on any atom is -0.381 e. The van der Waals surface area contributed by atoms with E-state index in [2.05, 4.69) is 10.4 Å². The van der Waals surface area contributed by atoms with Gasteiger partial charge in [0.15, 0.2) is 0 Å². The van der Waals surface area contributed by atoms with Crippen LogP contribution in [0.5, 0.6) is 0 Å². The number of hydrogen-bond donors (Lipinski definition) is 2. The van der Waals surface area contributed by atoms with Gasteiger partial charge in [0.2, 0.25) is 0 Å². The van der Waals surface area contributed by atoms with E-state index in [1.165, 1.54) is 13.8 Å². The van der Waals surface area contributed by atoms with Crippen LogP contribution in [0.1, 0.15) is 13.8 Å². The lowest BCUT2D eigenvalue weighted by Crippen LogP contribution is -2.43. The van der Waals surface area contributed by atoms with Crippen molar-refractivity contribution in [3.05, 3.63) is 18.5 Å². The van der Waals surface area contributed by atoms with Crippen LogP contribution in [0, 0.1) is 0 Å². The second kappa shape index (κ2) is 4.23. The van der Waals surface area contributed by atoms with Crippen molar-refractivity contribution in [2.45, 2.75) is 26.0 Å². The summed E-state index contributed by atoms with van der Waals surface area (Å²) in [4.78, 5) is 11.2. The third kappa shape index (κ3) is 3.18. The number of hydrogen-bond acceptors (Lipinski definition) is 3. The van der Waals surface area contributed by atoms with Crippen molar-refractivity contribution in [1.82, 2.24) is 15.1 Å². The average Bonchev–Trinajstić information content (AvgIpc) is 2.55. The topological polar surface area (TPSA) is 67.2 Å². The zero-order valence-electron chi connectivity index (χ0n) is 8.40. The molecule has 5 nitrogen and oxygen atoms in total. The molecule has 1 rings (SSSR count). The smallest absolute Gasteiger partial charge is 0.251 e. The van der Waals surface area contributed by atoms with Crippen molar-refractivity contribution < 1.29 is 9.90 Å². The zero-order chi connectivity index (χ0) is 10.6. The molecule has 0 spiro atoms. The highest BCUT2D eigenvalue weighted by atomic mass is 16.3. The van der Waals surface area contributed by atoms with Crippen molar-refractivity contribution >= 4 is 5.91 Å². The second-order valence-electron chi connectivity index (χ2n) is 3.58. The predicted octanol–water partition coefficient (Wildman–Crippen LogP) is -0.230. The number of nitrogens with zero attached hydrogens (tertiary/aromatic N) is 2. The third-order valence-corrected chi connectivity index (χ3v) is 1.74. The molecule has 0 saturated carbocycles. The number of carbonyl (C=O) groups excluding carboxylic acids is 1. The molecule has 0 unspecified atom stereocenters. The van der Waals surface area contributed by atoms with E-state index >= 15 is 0 Å². The first-order chi connectivity index (χ1) is 6.50. The Hall–Kier alpha value is -1.36. The van der Waals surface area contributed by atoms with Crippen molar-refractivity contribution in [2.24, 2.45) is 0 Å². The zero-order valence-corrected chi connectivity index (χ0v) is 8.40. The van der Waals surface area contributed by atoms with Gasteiger partial charge >= 0.3 is 0 Å². The number of aliphatic hydroxyl groups is 1. The normalized spacial score (nSPS) is 11.4. The molecule has 1 aromatic heterocycles. The molecule has 0 bridgehead atoms. The number of rotatable bonds is 4. The molecule has 0 saturated heterocycles. The summed E-state index contributed by atoms with van der Waals surface area (Å²) >= 11 is 0. The molecule has 14 heavy (non-hydrogen) atoms. The van der Waals surface area contributed by atoms with Gasteiger partial charge in [0, 0.05) is 18.9 Å². The highest BCUT2D eigenvalue weighted by molar-refractivity contribution is 5.83. The minimum absolute atomic E-state index is 0.371. The van der Waals surface area contributed by atoms with E-state index in [0.717, 1.165) is 0 Å². The summed E-state index contributed by atoms with van der Waals surface area (Å²) in [5.41, 5.74) is -1.32. The molecule has 0 aliphatic carbocycles. The fourth-order valence-electron chi connectivity index (χ4n) is 0.933. The quantitative estimate of drug-likeness (QED) is 0.700. The lowest BCUT2D eigenvalue weighted by atomic mass is 10.1. The summed E-state index contributed by atoms with van der Waals surface area (Å²) < 4.78 is 1.71. The van der Waals surface area contributed by atoms with Gasteiger partial charge in [0.05, 0.1) is 6.54 Å². The lowest BCUT2D eigenvalue weighted by molar-refractivity contribution is -0.136. The molecular weight excluding hydrogens is 182 g/mol. The lowest BCUT2D eigenvalue weighted by Gasteiger charge is -2.16. The monoisotopic (exact) mass is 197 g/mol. The maximum absolute atomic E-state index is 11.2. The maximum atomic E-state index is 11.2. The fourth-order valence-corrected chi connectivity index (χ4v) is 0.933. The Labute approximate surface area is 82.7 Å². The summed E-state index contributed by atoms with van der Waals surface area (Å²) in [5.74, 6) is -0.371. The first-order valence-corrected chi connectivity index (χ1v) is 4.48. The van der Waals surface area contributed by atoms with Crippen LogP contribution in [-0.2, 0) is 11.3 Å². The standard InChI is InChI=1S/C9H15N3O2/c1-9(2,14)8(13)10-5-7-12-6-3-4-11-12/h3-4,6,14H,5,7H2,1-2H3,(H,10,13). The Balaban J connectivity index is 2.26. The molecule has 1 amide bonds. The van der Waals surface area contributed by atoms with Crippen molar-refractivity contribution in [1.29, 1.82) is 0 Å². The van der Waals surface area contributed by atoms with E-state index in [1.54, 1.807) is 10.9 Å². The molecule has 1 aromatic rings. The summed E-state index contributed by atoms with van der Waals surface area (Å²) in [6, 6.07) is 1.82. The van der Waals surface area contributed by atoms with Gasteiger partial charge in [-0.3, -0.25) is 9.48 Å². The van der Waals surface area contributed by atoms with E-state index in [-0.39, 0.29) is 5.91 Å². The minimum atomic E-state index is -1.32. The second-order valence-corrected chi connectivity index (χ2v) is 3.58. The Bertz CT molecular complexity index is 288. The van der Waals surface area contributed by atoms with Crippen molar-refractivity contribution in [3.8, 4) is 0 Å². The molecule has 0 fully saturated rings. The Morgan fingerprint density at radius 1 is 1.64 bits per heavy atom. The van der Waals surface area contributed by atoms with Gasteiger partial charge in [-0.1, -0.05) is 0 Å². The fraction of sp³-hybridized carbons (Fsp3) is 0.556. The van der Waals surface area contributed by atoms with Crippen LogP contribution in [0.2, 0.25) is 0 Å². The van der Waals surface area contributed by atoms with Crippen molar-refractivity contribution in [3.63, 3.8) is 0 Å². The van der Waals surface area contributed by atoms with Crippen LogP contribution >= 0.6 is 0 Å². The highest BCUT2D eigenvalue weighted by Gasteiger charge is 2.22. The molecule has 5 heteroatoms. The molecule has 0 radical (unpaired) electrons. The van der Waals surface area contributed by atoms with Crippen LogP contribution in [0.4, 0.5) is 0 Å². The summed E-state index contributed by atoms with van der Waals surface area (Å²) in [7, 11) is 0. The Morgan fingerprint density at radius 2 is 2.36 bits per heavy atom. The van der Waals surface area contributed by atoms with Crippen LogP contribution in [0.15, 0.2) is 18.5 Å². The van der Waals surface area contributed by atoms with Gasteiger partial charge in [0.1, 0.15) is 5.60 Å². The number of nitrogens with one attached hydrogen (secondary N) is 1. The molecule has 1 heterocycles. The number of amides is 1. The largest absolute Gasteiger partial charge is 0.381 e. The van der Waals surface area contributed by atoms with Crippen LogP contribution in [0.3, 0.4) is 0 Å². The number of carbonyl (C=O) groups is 1. The van der Waals surface area contributed by atoms with Gasteiger partial charge in [-0.2, -0.15) is 5.10 Å². The van der Waals surface area contributed by atoms with Gasteiger partial charge in [-0.15, -0.1) is 0 Å². The predicted molar refractivity (Wildman–Crippen MR) is 51.5 cm³/mol. The van der Waals surface area contributed by atoms with Gasteiger partial charge in [-0.05, 0) is 19.9 Å². The summed E-state index contributed by atoms with van der Waals surface area (Å²) in [6.07, 6.45) is 3.49. The van der Waals surface area contributed by atoms with E-state index in [4.69, 9.17) is 0 Å². The summed E-state index contributed by atoms with van der Waals surface area (Å²) in [5, 5.41) is 15.9. The summed E-state index contributed by atoms with van der Waals surface area (Å²) in [6.45, 7) is 3.98. The van der Waals surface area contributed by atoms with Crippen molar-refractivity contribution in [2.75, 3.05) is 6.54 Å². The number of aromatic nitrogens is 2. The Morgan fingerprint density at radius 3 is 2.86 bits per heavy atom. The molecule has 2 N–H and O–H groups in total.